The first kappa shape index (κ1) is 35.3. The molecule has 2 atom stereocenters. The normalized spacial score (nSPS) is 14.0. The van der Waals surface area contributed by atoms with E-state index in [9.17, 15) is 19.5 Å². The van der Waals surface area contributed by atoms with Gasteiger partial charge in [-0.1, -0.05) is 62.5 Å². The van der Waals surface area contributed by atoms with Gasteiger partial charge in [-0.25, -0.2) is 4.79 Å². The van der Waals surface area contributed by atoms with E-state index < -0.39 is 24.1 Å². The van der Waals surface area contributed by atoms with Crippen molar-refractivity contribution < 1.29 is 38.2 Å². The van der Waals surface area contributed by atoms with E-state index in [0.29, 0.717) is 19.3 Å². The highest BCUT2D eigenvalue weighted by Gasteiger charge is 2.31. The van der Waals surface area contributed by atoms with E-state index >= 15 is 0 Å². The van der Waals surface area contributed by atoms with Crippen molar-refractivity contribution in [2.75, 3.05) is 41.0 Å². The lowest BCUT2D eigenvalue weighted by Crippen LogP contribution is -2.50. The number of ether oxygens (including phenoxy) is 3. The average molecular weight is 537 g/mol. The monoisotopic (exact) mass is 536 g/mol. The SMILES string of the molecule is CC/C=C\C/C=C\C/C=C\C/C=C\CCC(=O)OC(COCCC(C(=O)O)[N+](C)(C)C)COC(=O)CCC. The minimum Gasteiger partial charge on any atom is -0.477 e. The van der Waals surface area contributed by atoms with E-state index in [1.807, 2.05) is 40.2 Å². The fourth-order valence-corrected chi connectivity index (χ4v) is 3.37. The third-order valence-corrected chi connectivity index (χ3v) is 5.48. The van der Waals surface area contributed by atoms with Gasteiger partial charge in [0.2, 0.25) is 0 Å². The fraction of sp³-hybridized carbons (Fsp3) is 0.633. The molecule has 8 heteroatoms. The maximum Gasteiger partial charge on any atom is 0.362 e. The number of carboxylic acids is 1. The molecule has 216 valence electrons. The van der Waals surface area contributed by atoms with Crippen molar-refractivity contribution in [3.05, 3.63) is 48.6 Å². The van der Waals surface area contributed by atoms with E-state index in [0.717, 1.165) is 25.7 Å². The molecule has 0 amide bonds. The van der Waals surface area contributed by atoms with Gasteiger partial charge in [-0.15, -0.1) is 0 Å². The van der Waals surface area contributed by atoms with E-state index in [1.165, 1.54) is 0 Å². The number of aliphatic carboxylic acids is 1. The van der Waals surface area contributed by atoms with Gasteiger partial charge in [-0.3, -0.25) is 9.59 Å². The summed E-state index contributed by atoms with van der Waals surface area (Å²) < 4.78 is 16.6. The Kier molecular flexibility index (Phi) is 20.7. The first-order valence-corrected chi connectivity index (χ1v) is 13.7. The third kappa shape index (κ3) is 20.4. The molecule has 0 saturated carbocycles. The largest absolute Gasteiger partial charge is 0.477 e. The summed E-state index contributed by atoms with van der Waals surface area (Å²) in [5, 5.41) is 9.44. The lowest BCUT2D eigenvalue weighted by Gasteiger charge is -2.31. The highest BCUT2D eigenvalue weighted by Crippen LogP contribution is 2.09. The van der Waals surface area contributed by atoms with E-state index in [2.05, 4.69) is 43.4 Å². The minimum absolute atomic E-state index is 0.0264. The van der Waals surface area contributed by atoms with Crippen molar-refractivity contribution in [1.82, 2.24) is 0 Å². The Morgan fingerprint density at radius 2 is 1.37 bits per heavy atom. The molecule has 0 saturated heterocycles. The van der Waals surface area contributed by atoms with Gasteiger partial charge in [0, 0.05) is 19.3 Å². The summed E-state index contributed by atoms with van der Waals surface area (Å²) >= 11 is 0. The molecule has 0 heterocycles. The maximum absolute atomic E-state index is 12.3. The zero-order valence-electron chi connectivity index (χ0n) is 24.1. The summed E-state index contributed by atoms with van der Waals surface area (Å²) in [5.74, 6) is -1.65. The summed E-state index contributed by atoms with van der Waals surface area (Å²) in [4.78, 5) is 35.6. The summed E-state index contributed by atoms with van der Waals surface area (Å²) in [7, 11) is 5.44. The number of hydrogen-bond acceptors (Lipinski definition) is 6. The van der Waals surface area contributed by atoms with E-state index in [-0.39, 0.29) is 43.1 Å². The quantitative estimate of drug-likeness (QED) is 0.0857. The standard InChI is InChI=1S/C30H49NO7/c1-6-8-9-10-11-12-13-14-15-16-17-18-19-21-29(33)38-26(25-37-28(32)20-7-2)24-36-23-22-27(30(34)35)31(3,4)5/h8-9,11-12,14-15,17-18,26-27H,6-7,10,13,16,19-25H2,1-5H3/p+1/b9-8-,12-11-,15-14-,18-17-. The molecule has 2 unspecified atom stereocenters. The van der Waals surface area contributed by atoms with Crippen LogP contribution in [0.15, 0.2) is 48.6 Å². The van der Waals surface area contributed by atoms with Crippen LogP contribution in [0.5, 0.6) is 0 Å². The molecule has 0 bridgehead atoms. The molecule has 0 radical (unpaired) electrons. The predicted octanol–water partition coefficient (Wildman–Crippen LogP) is 5.39. The number of carbonyl (C=O) groups excluding carboxylic acids is 2. The molecule has 0 fully saturated rings. The second kappa shape index (κ2) is 22.3. The predicted molar refractivity (Wildman–Crippen MR) is 151 cm³/mol. The van der Waals surface area contributed by atoms with Crippen LogP contribution in [0.4, 0.5) is 0 Å². The Bertz CT molecular complexity index is 778. The van der Waals surface area contributed by atoms with E-state index in [4.69, 9.17) is 14.2 Å². The molecule has 0 aromatic rings. The van der Waals surface area contributed by atoms with Crippen molar-refractivity contribution in [3.63, 3.8) is 0 Å². The lowest BCUT2D eigenvalue weighted by molar-refractivity contribution is -0.887. The Balaban J connectivity index is 4.48. The molecule has 1 N–H and O–H groups in total. The summed E-state index contributed by atoms with van der Waals surface area (Å²) in [5.41, 5.74) is 0. The number of quaternary nitrogens is 1. The topological polar surface area (TPSA) is 99.1 Å². The summed E-state index contributed by atoms with van der Waals surface area (Å²) in [6.45, 7) is 4.12. The number of rotatable bonds is 22. The zero-order valence-corrected chi connectivity index (χ0v) is 24.1. The fourth-order valence-electron chi connectivity index (χ4n) is 3.37. The van der Waals surface area contributed by atoms with Gasteiger partial charge >= 0.3 is 17.9 Å². The number of allylic oxidation sites excluding steroid dienone is 8. The molecule has 38 heavy (non-hydrogen) atoms. The van der Waals surface area contributed by atoms with Crippen LogP contribution in [0.1, 0.15) is 71.6 Å². The van der Waals surface area contributed by atoms with Gasteiger partial charge in [0.15, 0.2) is 12.1 Å². The minimum atomic E-state index is -0.895. The summed E-state index contributed by atoms with van der Waals surface area (Å²) in [6, 6.07) is -0.621. The van der Waals surface area contributed by atoms with Gasteiger partial charge in [0.25, 0.3) is 0 Å². The van der Waals surface area contributed by atoms with Gasteiger partial charge in [0.05, 0.1) is 34.4 Å². The molecule has 0 rings (SSSR count). The highest BCUT2D eigenvalue weighted by atomic mass is 16.6. The van der Waals surface area contributed by atoms with Crippen molar-refractivity contribution >= 4 is 17.9 Å². The Hall–Kier alpha value is -2.71. The van der Waals surface area contributed by atoms with Crippen LogP contribution >= 0.6 is 0 Å². The zero-order chi connectivity index (χ0) is 28.7. The van der Waals surface area contributed by atoms with Crippen LogP contribution in [-0.4, -0.2) is 80.6 Å². The number of carbonyl (C=O) groups is 3. The number of likely N-dealkylation sites (N-methyl/N-ethyl adjacent to an activating group) is 1. The van der Waals surface area contributed by atoms with Crippen molar-refractivity contribution in [2.24, 2.45) is 0 Å². The van der Waals surface area contributed by atoms with Crippen LogP contribution in [0.2, 0.25) is 0 Å². The van der Waals surface area contributed by atoms with Crippen LogP contribution in [-0.2, 0) is 28.6 Å². The second-order valence-electron chi connectivity index (χ2n) is 9.92. The molecule has 0 aliphatic rings. The Labute approximate surface area is 229 Å². The maximum atomic E-state index is 12.3. The number of nitrogens with zero attached hydrogens (tertiary/aromatic N) is 1. The summed E-state index contributed by atoms with van der Waals surface area (Å²) in [6.07, 6.45) is 21.8. The van der Waals surface area contributed by atoms with Crippen molar-refractivity contribution in [2.45, 2.75) is 83.8 Å². The number of carboxylic acid groups (broad SMARTS) is 1. The third-order valence-electron chi connectivity index (χ3n) is 5.48. The van der Waals surface area contributed by atoms with Crippen molar-refractivity contribution in [3.8, 4) is 0 Å². The number of esters is 2. The molecule has 0 aromatic heterocycles. The second-order valence-corrected chi connectivity index (χ2v) is 9.92. The van der Waals surface area contributed by atoms with Gasteiger partial charge in [-0.2, -0.15) is 0 Å². The average Bonchev–Trinajstić information content (AvgIpc) is 2.84. The van der Waals surface area contributed by atoms with Gasteiger partial charge in [-0.05, 0) is 38.5 Å². The first-order valence-electron chi connectivity index (χ1n) is 13.7. The van der Waals surface area contributed by atoms with Crippen LogP contribution in [0.3, 0.4) is 0 Å². The molecule has 0 aliphatic heterocycles. The molecule has 0 spiro atoms. The molecule has 0 aromatic carbocycles. The van der Waals surface area contributed by atoms with Crippen LogP contribution in [0.25, 0.3) is 0 Å². The molecular formula is C30H50NO7+. The van der Waals surface area contributed by atoms with Crippen molar-refractivity contribution in [1.29, 1.82) is 0 Å². The molecule has 0 aliphatic carbocycles. The first-order chi connectivity index (χ1) is 18.1. The molecule has 8 nitrogen and oxygen atoms in total. The van der Waals surface area contributed by atoms with Gasteiger partial charge in [0.1, 0.15) is 6.61 Å². The highest BCUT2D eigenvalue weighted by molar-refractivity contribution is 5.72. The lowest BCUT2D eigenvalue weighted by atomic mass is 10.1. The Morgan fingerprint density at radius 3 is 1.89 bits per heavy atom. The van der Waals surface area contributed by atoms with E-state index in [1.54, 1.807) is 0 Å². The molecular weight excluding hydrogens is 486 g/mol. The van der Waals surface area contributed by atoms with Crippen LogP contribution < -0.4 is 0 Å². The smallest absolute Gasteiger partial charge is 0.362 e. The van der Waals surface area contributed by atoms with Crippen LogP contribution in [0, 0.1) is 0 Å². The Morgan fingerprint density at radius 1 is 0.789 bits per heavy atom. The number of hydrogen-bond donors (Lipinski definition) is 1. The van der Waals surface area contributed by atoms with Gasteiger partial charge < -0.3 is 23.8 Å².